The molecule has 0 radical (unpaired) electrons. The van der Waals surface area contributed by atoms with E-state index in [1.807, 2.05) is 0 Å². The molecule has 1 aliphatic heterocycles. The van der Waals surface area contributed by atoms with E-state index in [-0.39, 0.29) is 24.8 Å². The number of carboxylic acid groups (broad SMARTS) is 1. The van der Waals surface area contributed by atoms with Crippen molar-refractivity contribution in [3.63, 3.8) is 0 Å². The molecule has 1 fully saturated rings. The van der Waals surface area contributed by atoms with Gasteiger partial charge < -0.3 is 20.4 Å². The van der Waals surface area contributed by atoms with Gasteiger partial charge in [0.15, 0.2) is 0 Å². The van der Waals surface area contributed by atoms with Crippen molar-refractivity contribution >= 4 is 22.8 Å². The van der Waals surface area contributed by atoms with E-state index in [1.165, 1.54) is 6.26 Å². The summed E-state index contributed by atoms with van der Waals surface area (Å²) in [5.41, 5.74) is 0. The van der Waals surface area contributed by atoms with Crippen molar-refractivity contribution in [3.05, 3.63) is 0 Å². The second-order valence-electron chi connectivity index (χ2n) is 4.39. The van der Waals surface area contributed by atoms with Gasteiger partial charge in [-0.1, -0.05) is 0 Å². The molecule has 7 nitrogen and oxygen atoms in total. The Morgan fingerprint density at radius 1 is 1.56 bits per heavy atom. The molecule has 1 rings (SSSR count). The van der Waals surface area contributed by atoms with Crippen molar-refractivity contribution in [1.29, 1.82) is 0 Å². The maximum Gasteiger partial charge on any atom is 0.326 e. The van der Waals surface area contributed by atoms with E-state index in [1.54, 1.807) is 6.92 Å². The summed E-state index contributed by atoms with van der Waals surface area (Å²) in [5, 5.41) is 20.7. The first-order chi connectivity index (χ1) is 8.32. The van der Waals surface area contributed by atoms with E-state index in [0.29, 0.717) is 0 Å². The lowest BCUT2D eigenvalue weighted by molar-refractivity contribution is -0.141. The number of carbonyl (C=O) groups is 2. The van der Waals surface area contributed by atoms with Crippen molar-refractivity contribution in [3.8, 4) is 0 Å². The van der Waals surface area contributed by atoms with Gasteiger partial charge in [-0.3, -0.25) is 4.21 Å². The van der Waals surface area contributed by atoms with Crippen LogP contribution in [0.25, 0.3) is 0 Å². The highest BCUT2D eigenvalue weighted by atomic mass is 32.2. The highest BCUT2D eigenvalue weighted by molar-refractivity contribution is 7.84. The van der Waals surface area contributed by atoms with Crippen LogP contribution in [0, 0.1) is 0 Å². The highest BCUT2D eigenvalue weighted by Crippen LogP contribution is 2.18. The number of nitrogens with zero attached hydrogens (tertiary/aromatic N) is 1. The van der Waals surface area contributed by atoms with Gasteiger partial charge >= 0.3 is 12.0 Å². The van der Waals surface area contributed by atoms with Crippen LogP contribution in [0.5, 0.6) is 0 Å². The maximum atomic E-state index is 11.8. The largest absolute Gasteiger partial charge is 0.480 e. The van der Waals surface area contributed by atoms with E-state index in [4.69, 9.17) is 5.11 Å². The first-order valence-corrected chi connectivity index (χ1v) is 7.22. The van der Waals surface area contributed by atoms with Crippen molar-refractivity contribution in [2.75, 3.05) is 19.3 Å². The van der Waals surface area contributed by atoms with Gasteiger partial charge in [0, 0.05) is 41.8 Å². The molecule has 0 aromatic carbocycles. The van der Waals surface area contributed by atoms with Gasteiger partial charge in [0.05, 0.1) is 6.10 Å². The minimum Gasteiger partial charge on any atom is -0.480 e. The van der Waals surface area contributed by atoms with Gasteiger partial charge in [0.2, 0.25) is 0 Å². The molecule has 2 amide bonds. The molecule has 104 valence electrons. The zero-order valence-electron chi connectivity index (χ0n) is 10.3. The summed E-state index contributed by atoms with van der Waals surface area (Å²) >= 11 is 0. The number of urea groups is 1. The minimum absolute atomic E-state index is 0.00634. The number of aliphatic hydroxyl groups excluding tert-OH is 1. The standard InChI is InChI=1S/C10H18N2O5S/c1-6(18(2)17)4-11-10(16)12-5-7(13)3-8(12)9(14)15/h6-8,13H,3-5H2,1-2H3,(H,11,16)(H,14,15)/t6?,7-,8+,18?/m1/s1. The molecule has 1 saturated heterocycles. The topological polar surface area (TPSA) is 107 Å². The molecular weight excluding hydrogens is 260 g/mol. The third kappa shape index (κ3) is 3.67. The molecule has 8 heteroatoms. The molecule has 0 aliphatic carbocycles. The maximum absolute atomic E-state index is 11.8. The van der Waals surface area contributed by atoms with E-state index in [9.17, 15) is 18.9 Å². The number of carbonyl (C=O) groups excluding carboxylic acids is 1. The number of hydrogen-bond donors (Lipinski definition) is 3. The van der Waals surface area contributed by atoms with Crippen LogP contribution in [0.4, 0.5) is 4.79 Å². The third-order valence-corrected chi connectivity index (χ3v) is 4.23. The summed E-state index contributed by atoms with van der Waals surface area (Å²) in [6.07, 6.45) is 0.767. The van der Waals surface area contributed by atoms with Gasteiger partial charge in [-0.15, -0.1) is 0 Å². The third-order valence-electron chi connectivity index (χ3n) is 2.93. The highest BCUT2D eigenvalue weighted by Gasteiger charge is 2.38. The van der Waals surface area contributed by atoms with Crippen molar-refractivity contribution < 1.29 is 24.0 Å². The number of rotatable bonds is 4. The zero-order valence-corrected chi connectivity index (χ0v) is 11.1. The SMILES string of the molecule is CC(CNC(=O)N1C[C@H](O)C[C@H]1C(=O)O)S(C)=O. The fraction of sp³-hybridized carbons (Fsp3) is 0.800. The molecule has 4 atom stereocenters. The lowest BCUT2D eigenvalue weighted by atomic mass is 10.2. The van der Waals surface area contributed by atoms with Crippen LogP contribution in [-0.4, -0.2) is 68.1 Å². The van der Waals surface area contributed by atoms with Crippen LogP contribution in [-0.2, 0) is 15.6 Å². The number of aliphatic carboxylic acids is 1. The van der Waals surface area contributed by atoms with E-state index in [0.717, 1.165) is 4.90 Å². The van der Waals surface area contributed by atoms with Gasteiger partial charge in [0.25, 0.3) is 0 Å². The lowest BCUT2D eigenvalue weighted by Crippen LogP contribution is -2.47. The van der Waals surface area contributed by atoms with Crippen molar-refractivity contribution in [1.82, 2.24) is 10.2 Å². The second-order valence-corrected chi connectivity index (χ2v) is 6.19. The molecule has 0 aromatic heterocycles. The van der Waals surface area contributed by atoms with E-state index in [2.05, 4.69) is 5.32 Å². The molecule has 3 N–H and O–H groups in total. The Morgan fingerprint density at radius 2 is 2.17 bits per heavy atom. The molecule has 2 unspecified atom stereocenters. The summed E-state index contributed by atoms with van der Waals surface area (Å²) in [6.45, 7) is 1.94. The first-order valence-electron chi connectivity index (χ1n) is 5.60. The quantitative estimate of drug-likeness (QED) is 0.610. The number of aliphatic hydroxyl groups is 1. The number of nitrogens with one attached hydrogen (secondary N) is 1. The molecule has 0 saturated carbocycles. The zero-order chi connectivity index (χ0) is 13.9. The molecule has 0 aromatic rings. The first kappa shape index (κ1) is 14.9. The lowest BCUT2D eigenvalue weighted by Gasteiger charge is -2.22. The summed E-state index contributed by atoms with van der Waals surface area (Å²) in [6, 6.07) is -1.54. The fourth-order valence-electron chi connectivity index (χ4n) is 1.72. The van der Waals surface area contributed by atoms with Crippen molar-refractivity contribution in [2.45, 2.75) is 30.7 Å². The molecule has 0 spiro atoms. The molecule has 18 heavy (non-hydrogen) atoms. The molecule has 0 bridgehead atoms. The van der Waals surface area contributed by atoms with E-state index < -0.39 is 34.9 Å². The van der Waals surface area contributed by atoms with Crippen molar-refractivity contribution in [2.24, 2.45) is 0 Å². The Balaban J connectivity index is 2.55. The monoisotopic (exact) mass is 278 g/mol. The van der Waals surface area contributed by atoms with Crippen LogP contribution in [0.15, 0.2) is 0 Å². The van der Waals surface area contributed by atoms with Gasteiger partial charge in [-0.05, 0) is 6.92 Å². The summed E-state index contributed by atoms with van der Waals surface area (Å²) in [4.78, 5) is 23.8. The molecular formula is C10H18N2O5S. The van der Waals surface area contributed by atoms with Gasteiger partial charge in [0.1, 0.15) is 6.04 Å². The molecule has 1 aliphatic rings. The van der Waals surface area contributed by atoms with E-state index >= 15 is 0 Å². The van der Waals surface area contributed by atoms with Crippen LogP contribution >= 0.6 is 0 Å². The number of carboxylic acids is 1. The van der Waals surface area contributed by atoms with Gasteiger partial charge in [-0.2, -0.15) is 0 Å². The Morgan fingerprint density at radius 3 is 2.67 bits per heavy atom. The smallest absolute Gasteiger partial charge is 0.326 e. The Labute approximate surface area is 108 Å². The van der Waals surface area contributed by atoms with Gasteiger partial charge in [-0.25, -0.2) is 9.59 Å². The summed E-state index contributed by atoms with van der Waals surface area (Å²) in [7, 11) is -1.05. The Bertz CT molecular complexity index is 362. The average molecular weight is 278 g/mol. The Hall–Kier alpha value is -1.15. The normalized spacial score (nSPS) is 26.7. The molecule has 1 heterocycles. The summed E-state index contributed by atoms with van der Waals surface area (Å²) < 4.78 is 11.1. The van der Waals surface area contributed by atoms with Crippen LogP contribution in [0.2, 0.25) is 0 Å². The predicted molar refractivity (Wildman–Crippen MR) is 65.7 cm³/mol. The minimum atomic E-state index is -1.13. The summed E-state index contributed by atoms with van der Waals surface area (Å²) in [5.74, 6) is -1.13. The number of hydrogen-bond acceptors (Lipinski definition) is 4. The predicted octanol–water partition coefficient (Wildman–Crippen LogP) is -1.02. The van der Waals surface area contributed by atoms with Crippen LogP contribution in [0.1, 0.15) is 13.3 Å². The number of β-amino-alcohol motifs (C(OH)–C–C–N with tert-alkyl or cyclic N) is 1. The average Bonchev–Trinajstić information content (AvgIpc) is 2.67. The second kappa shape index (κ2) is 6.14. The number of amides is 2. The fourth-order valence-corrected chi connectivity index (χ4v) is 2.04. The number of likely N-dealkylation sites (tertiary alicyclic amines) is 1. The Kier molecular flexibility index (Phi) is 5.09. The van der Waals surface area contributed by atoms with Crippen LogP contribution < -0.4 is 5.32 Å². The van der Waals surface area contributed by atoms with Crippen LogP contribution in [0.3, 0.4) is 0 Å².